The molecule has 0 fully saturated rings. The normalized spacial score (nSPS) is 12.0. The number of aromatic nitrogens is 1. The average Bonchev–Trinajstić information content (AvgIpc) is 2.15. The van der Waals surface area contributed by atoms with E-state index in [0.29, 0.717) is 10.9 Å². The molecule has 0 atom stereocenters. The molecule has 0 saturated carbocycles. The molecule has 0 unspecified atom stereocenters. The molecule has 0 aliphatic heterocycles. The summed E-state index contributed by atoms with van der Waals surface area (Å²) in [7, 11) is 0. The van der Waals surface area contributed by atoms with Gasteiger partial charge in [0.05, 0.1) is 11.1 Å². The zero-order chi connectivity index (χ0) is 11.1. The Kier molecular flexibility index (Phi) is 2.42. The summed E-state index contributed by atoms with van der Waals surface area (Å²) < 4.78 is 37.3. The number of fused-ring (bicyclic) bond motifs is 1. The van der Waals surface area contributed by atoms with Gasteiger partial charge in [-0.3, -0.25) is 0 Å². The molecule has 1 nitrogen and oxygen atoms in total. The van der Waals surface area contributed by atoms with Crippen molar-refractivity contribution >= 4 is 26.8 Å². The van der Waals surface area contributed by atoms with Crippen molar-refractivity contribution < 1.29 is 13.2 Å². The van der Waals surface area contributed by atoms with Crippen LogP contribution in [0.2, 0.25) is 0 Å². The maximum absolute atomic E-state index is 12.5. The lowest BCUT2D eigenvalue weighted by atomic mass is 10.1. The van der Waals surface area contributed by atoms with Gasteiger partial charge in [-0.1, -0.05) is 18.2 Å². The minimum Gasteiger partial charge on any atom is -0.240 e. The molecule has 15 heavy (non-hydrogen) atoms. The lowest BCUT2D eigenvalue weighted by molar-refractivity contribution is -0.138. The van der Waals surface area contributed by atoms with E-state index in [4.69, 9.17) is 0 Å². The fraction of sp³-hybridized carbons (Fsp3) is 0.100. The van der Waals surface area contributed by atoms with Crippen LogP contribution < -0.4 is 0 Å². The molecule has 2 rings (SSSR count). The molecule has 78 valence electrons. The topological polar surface area (TPSA) is 12.9 Å². The molecule has 0 amide bonds. The molecular formula is C10H5BrF3N. The van der Waals surface area contributed by atoms with Crippen LogP contribution in [0.4, 0.5) is 13.2 Å². The first-order valence-corrected chi connectivity index (χ1v) is 4.90. The Morgan fingerprint density at radius 2 is 1.80 bits per heavy atom. The second-order valence-electron chi connectivity index (χ2n) is 3.02. The zero-order valence-corrected chi connectivity index (χ0v) is 8.93. The first kappa shape index (κ1) is 10.4. The molecule has 0 aliphatic rings. The molecule has 1 aromatic heterocycles. The van der Waals surface area contributed by atoms with Gasteiger partial charge >= 0.3 is 6.18 Å². The van der Waals surface area contributed by atoms with Gasteiger partial charge in [-0.2, -0.15) is 13.2 Å². The van der Waals surface area contributed by atoms with Crippen LogP contribution in [0.25, 0.3) is 10.9 Å². The predicted molar refractivity (Wildman–Crippen MR) is 54.4 cm³/mol. The monoisotopic (exact) mass is 275 g/mol. The number of hydrogen-bond acceptors (Lipinski definition) is 1. The lowest BCUT2D eigenvalue weighted by Crippen LogP contribution is -2.07. The quantitative estimate of drug-likeness (QED) is 0.662. The van der Waals surface area contributed by atoms with E-state index in [1.165, 1.54) is 0 Å². The summed E-state index contributed by atoms with van der Waals surface area (Å²) >= 11 is 2.82. The maximum Gasteiger partial charge on any atom is 0.419 e. The van der Waals surface area contributed by atoms with Gasteiger partial charge in [0.15, 0.2) is 0 Å². The second-order valence-corrected chi connectivity index (χ2v) is 3.77. The van der Waals surface area contributed by atoms with Gasteiger partial charge in [-0.05, 0) is 28.1 Å². The highest BCUT2D eigenvalue weighted by atomic mass is 79.9. The van der Waals surface area contributed by atoms with Crippen LogP contribution in [0.15, 0.2) is 34.9 Å². The number of alkyl halides is 3. The number of benzene rings is 1. The number of halogens is 4. The largest absolute Gasteiger partial charge is 0.419 e. The summed E-state index contributed by atoms with van der Waals surface area (Å²) in [6, 6.07) is 7.77. The van der Waals surface area contributed by atoms with Crippen LogP contribution >= 0.6 is 15.9 Å². The van der Waals surface area contributed by atoms with Crippen molar-refractivity contribution in [2.24, 2.45) is 0 Å². The minimum atomic E-state index is -4.38. The van der Waals surface area contributed by atoms with E-state index in [1.807, 2.05) is 0 Å². The number of para-hydroxylation sites is 1. The van der Waals surface area contributed by atoms with Gasteiger partial charge in [0, 0.05) is 5.39 Å². The molecule has 0 radical (unpaired) electrons. The van der Waals surface area contributed by atoms with Crippen molar-refractivity contribution in [2.75, 3.05) is 0 Å². The number of hydrogen-bond donors (Lipinski definition) is 0. The Morgan fingerprint density at radius 1 is 1.13 bits per heavy atom. The molecule has 1 heterocycles. The van der Waals surface area contributed by atoms with Crippen molar-refractivity contribution in [1.29, 1.82) is 0 Å². The van der Waals surface area contributed by atoms with Gasteiger partial charge in [0.1, 0.15) is 4.60 Å². The number of pyridine rings is 1. The van der Waals surface area contributed by atoms with Crippen LogP contribution in [0, 0.1) is 0 Å². The van der Waals surface area contributed by atoms with Crippen LogP contribution in [0.3, 0.4) is 0 Å². The van der Waals surface area contributed by atoms with Gasteiger partial charge in [0.25, 0.3) is 0 Å². The minimum absolute atomic E-state index is 0.172. The summed E-state index contributed by atoms with van der Waals surface area (Å²) in [5.41, 5.74) is -0.210. The second kappa shape index (κ2) is 3.48. The number of nitrogens with zero attached hydrogens (tertiary/aromatic N) is 1. The maximum atomic E-state index is 12.5. The SMILES string of the molecule is FC(F)(F)c1cc2ccccc2nc1Br. The highest BCUT2D eigenvalue weighted by Crippen LogP contribution is 2.35. The van der Waals surface area contributed by atoms with Gasteiger partial charge in [-0.25, -0.2) is 4.98 Å². The predicted octanol–water partition coefficient (Wildman–Crippen LogP) is 4.02. The van der Waals surface area contributed by atoms with Crippen molar-refractivity contribution in [1.82, 2.24) is 4.98 Å². The lowest BCUT2D eigenvalue weighted by Gasteiger charge is -2.09. The highest BCUT2D eigenvalue weighted by molar-refractivity contribution is 9.10. The van der Waals surface area contributed by atoms with Crippen molar-refractivity contribution in [3.8, 4) is 0 Å². The van der Waals surface area contributed by atoms with E-state index in [1.54, 1.807) is 24.3 Å². The summed E-state index contributed by atoms with van der Waals surface area (Å²) in [5, 5.41) is 0.480. The molecule has 0 spiro atoms. The Balaban J connectivity index is 2.73. The Labute approximate surface area is 92.1 Å². The third-order valence-electron chi connectivity index (χ3n) is 1.98. The van der Waals surface area contributed by atoms with Gasteiger partial charge in [0.2, 0.25) is 0 Å². The van der Waals surface area contributed by atoms with Gasteiger partial charge in [-0.15, -0.1) is 0 Å². The molecule has 0 aliphatic carbocycles. The van der Waals surface area contributed by atoms with Crippen LogP contribution in [0.1, 0.15) is 5.56 Å². The van der Waals surface area contributed by atoms with E-state index < -0.39 is 11.7 Å². The fourth-order valence-electron chi connectivity index (χ4n) is 1.29. The standard InChI is InChI=1S/C10H5BrF3N/c11-9-7(10(12,13)14)5-6-3-1-2-4-8(6)15-9/h1-5H. The molecule has 5 heteroatoms. The van der Waals surface area contributed by atoms with Gasteiger partial charge < -0.3 is 0 Å². The van der Waals surface area contributed by atoms with Crippen molar-refractivity contribution in [3.05, 3.63) is 40.5 Å². The van der Waals surface area contributed by atoms with Crippen molar-refractivity contribution in [2.45, 2.75) is 6.18 Å². The first-order chi connectivity index (χ1) is 6.98. The van der Waals surface area contributed by atoms with E-state index >= 15 is 0 Å². The smallest absolute Gasteiger partial charge is 0.240 e. The van der Waals surface area contributed by atoms with Crippen molar-refractivity contribution in [3.63, 3.8) is 0 Å². The van der Waals surface area contributed by atoms with Crippen LogP contribution in [0.5, 0.6) is 0 Å². The molecular weight excluding hydrogens is 271 g/mol. The summed E-state index contributed by atoms with van der Waals surface area (Å²) in [6.45, 7) is 0. The summed E-state index contributed by atoms with van der Waals surface area (Å²) in [4.78, 5) is 3.84. The molecule has 0 N–H and O–H groups in total. The molecule has 0 bridgehead atoms. The molecule has 0 saturated heterocycles. The van der Waals surface area contributed by atoms with E-state index in [0.717, 1.165) is 6.07 Å². The molecule has 2 aromatic rings. The summed E-state index contributed by atoms with van der Waals surface area (Å²) in [6.07, 6.45) is -4.38. The zero-order valence-electron chi connectivity index (χ0n) is 7.35. The van der Waals surface area contributed by atoms with Crippen LogP contribution in [-0.4, -0.2) is 4.98 Å². The Morgan fingerprint density at radius 3 is 2.47 bits per heavy atom. The third kappa shape index (κ3) is 1.97. The highest BCUT2D eigenvalue weighted by Gasteiger charge is 2.33. The van der Waals surface area contributed by atoms with Crippen LogP contribution in [-0.2, 0) is 6.18 Å². The Bertz CT molecular complexity index is 507. The van der Waals surface area contributed by atoms with E-state index in [2.05, 4.69) is 20.9 Å². The third-order valence-corrected chi connectivity index (χ3v) is 2.59. The first-order valence-electron chi connectivity index (χ1n) is 4.11. The Hall–Kier alpha value is -1.10. The fourth-order valence-corrected chi connectivity index (χ4v) is 1.82. The average molecular weight is 276 g/mol. The van der Waals surface area contributed by atoms with E-state index in [-0.39, 0.29) is 4.60 Å². The summed E-state index contributed by atoms with van der Waals surface area (Å²) in [5.74, 6) is 0. The van der Waals surface area contributed by atoms with E-state index in [9.17, 15) is 13.2 Å². The number of rotatable bonds is 0. The molecule has 1 aromatic carbocycles.